The van der Waals surface area contributed by atoms with Gasteiger partial charge in [-0.25, -0.2) is 0 Å². The quantitative estimate of drug-likeness (QED) is 0.373. The van der Waals surface area contributed by atoms with E-state index in [4.69, 9.17) is 4.65 Å². The molecule has 0 aliphatic heterocycles. The summed E-state index contributed by atoms with van der Waals surface area (Å²) in [6.07, 6.45) is 6.14. The molecular formula is C30H33BO2. The molecule has 5 rings (SSSR count). The lowest BCUT2D eigenvalue weighted by molar-refractivity contribution is 0.341. The Morgan fingerprint density at radius 1 is 0.970 bits per heavy atom. The Labute approximate surface area is 198 Å². The van der Waals surface area contributed by atoms with Crippen LogP contribution < -0.4 is 5.46 Å². The molecule has 3 aromatic carbocycles. The van der Waals surface area contributed by atoms with Crippen LogP contribution in [0.1, 0.15) is 51.2 Å². The zero-order valence-electron chi connectivity index (χ0n) is 20.1. The van der Waals surface area contributed by atoms with Crippen molar-refractivity contribution in [2.24, 2.45) is 11.8 Å². The van der Waals surface area contributed by atoms with Crippen molar-refractivity contribution in [1.29, 1.82) is 0 Å². The van der Waals surface area contributed by atoms with Crippen molar-refractivity contribution in [2.45, 2.75) is 45.4 Å². The number of hydrogen-bond acceptors (Lipinski definition) is 2. The molecular weight excluding hydrogens is 403 g/mol. The Balaban J connectivity index is 1.72. The fraction of sp³-hybridized carbons (Fsp3) is 0.333. The minimum absolute atomic E-state index is 0.203. The van der Waals surface area contributed by atoms with E-state index in [1.165, 1.54) is 51.8 Å². The van der Waals surface area contributed by atoms with E-state index in [1.54, 1.807) is 7.11 Å². The third kappa shape index (κ3) is 3.68. The summed E-state index contributed by atoms with van der Waals surface area (Å²) in [6, 6.07) is 23.9. The zero-order valence-corrected chi connectivity index (χ0v) is 20.1. The van der Waals surface area contributed by atoms with E-state index < -0.39 is 7.12 Å². The standard InChI is InChI=1S/C30H33BO2/c1-5-21-15-20(2)16-24(17-21)30(3)28-14-11-23(22-9-7-6-8-10-22)18-27(28)26-13-12-25(19-29(26)30)31(32)33-4/h6-14,16,18-21,32H,5,15,17H2,1-4H3. The average molecular weight is 436 g/mol. The van der Waals surface area contributed by atoms with Crippen molar-refractivity contribution < 1.29 is 9.68 Å². The van der Waals surface area contributed by atoms with E-state index in [-0.39, 0.29) is 5.41 Å². The molecule has 2 aliphatic carbocycles. The summed E-state index contributed by atoms with van der Waals surface area (Å²) in [5.41, 5.74) is 9.83. The van der Waals surface area contributed by atoms with Crippen LogP contribution in [0.3, 0.4) is 0 Å². The molecule has 0 aromatic heterocycles. The van der Waals surface area contributed by atoms with Gasteiger partial charge in [-0.05, 0) is 76.5 Å². The van der Waals surface area contributed by atoms with Crippen LogP contribution >= 0.6 is 0 Å². The molecule has 1 N–H and O–H groups in total. The first-order valence-electron chi connectivity index (χ1n) is 12.2. The van der Waals surface area contributed by atoms with Gasteiger partial charge in [0, 0.05) is 12.5 Å². The van der Waals surface area contributed by atoms with Crippen LogP contribution in [-0.2, 0) is 10.1 Å². The van der Waals surface area contributed by atoms with Gasteiger partial charge in [-0.3, -0.25) is 0 Å². The Kier molecular flexibility index (Phi) is 5.80. The molecule has 0 saturated heterocycles. The fourth-order valence-corrected chi connectivity index (χ4v) is 6.09. The first-order valence-corrected chi connectivity index (χ1v) is 12.2. The van der Waals surface area contributed by atoms with Crippen molar-refractivity contribution in [1.82, 2.24) is 0 Å². The Hall–Kier alpha value is -2.62. The van der Waals surface area contributed by atoms with Gasteiger partial charge in [0.05, 0.1) is 0 Å². The molecule has 2 nitrogen and oxygen atoms in total. The lowest BCUT2D eigenvalue weighted by Crippen LogP contribution is -2.34. The minimum atomic E-state index is -0.911. The van der Waals surface area contributed by atoms with Crippen LogP contribution in [0, 0.1) is 11.8 Å². The maximum atomic E-state index is 10.4. The number of benzene rings is 3. The van der Waals surface area contributed by atoms with Crippen LogP contribution in [0.2, 0.25) is 0 Å². The molecule has 0 bridgehead atoms. The van der Waals surface area contributed by atoms with Crippen LogP contribution in [-0.4, -0.2) is 19.3 Å². The van der Waals surface area contributed by atoms with Crippen LogP contribution in [0.15, 0.2) is 78.4 Å². The number of allylic oxidation sites excluding steroid dienone is 2. The van der Waals surface area contributed by atoms with Gasteiger partial charge in [0.1, 0.15) is 0 Å². The third-order valence-corrected chi connectivity index (χ3v) is 7.97. The average Bonchev–Trinajstić information content (AvgIpc) is 3.12. The highest BCUT2D eigenvalue weighted by Gasteiger charge is 2.44. The number of rotatable bonds is 5. The van der Waals surface area contributed by atoms with Crippen LogP contribution in [0.5, 0.6) is 0 Å². The highest BCUT2D eigenvalue weighted by Crippen LogP contribution is 2.55. The molecule has 0 saturated carbocycles. The van der Waals surface area contributed by atoms with E-state index in [9.17, 15) is 5.02 Å². The zero-order chi connectivity index (χ0) is 23.2. The van der Waals surface area contributed by atoms with E-state index in [2.05, 4.69) is 87.5 Å². The predicted octanol–water partition coefficient (Wildman–Crippen LogP) is 6.36. The van der Waals surface area contributed by atoms with Gasteiger partial charge in [0.25, 0.3) is 0 Å². The lowest BCUT2D eigenvalue weighted by atomic mass is 9.65. The van der Waals surface area contributed by atoms with Gasteiger partial charge in [-0.1, -0.05) is 92.6 Å². The Morgan fingerprint density at radius 3 is 2.48 bits per heavy atom. The second-order valence-corrected chi connectivity index (χ2v) is 10.0. The van der Waals surface area contributed by atoms with Crippen LogP contribution in [0.25, 0.3) is 22.3 Å². The molecule has 0 spiro atoms. The fourth-order valence-electron chi connectivity index (χ4n) is 6.09. The molecule has 3 unspecified atom stereocenters. The van der Waals surface area contributed by atoms with Crippen molar-refractivity contribution in [3.8, 4) is 22.3 Å². The van der Waals surface area contributed by atoms with E-state index >= 15 is 0 Å². The topological polar surface area (TPSA) is 29.5 Å². The second-order valence-electron chi connectivity index (χ2n) is 10.0. The molecule has 0 heterocycles. The molecule has 168 valence electrons. The highest BCUT2D eigenvalue weighted by molar-refractivity contribution is 6.60. The maximum absolute atomic E-state index is 10.4. The van der Waals surface area contributed by atoms with Gasteiger partial charge < -0.3 is 9.68 Å². The normalized spacial score (nSPS) is 23.6. The van der Waals surface area contributed by atoms with Gasteiger partial charge in [0.2, 0.25) is 0 Å². The second kappa shape index (κ2) is 8.63. The largest absolute Gasteiger partial charge is 0.490 e. The molecule has 3 atom stereocenters. The summed E-state index contributed by atoms with van der Waals surface area (Å²) in [4.78, 5) is 0. The van der Waals surface area contributed by atoms with Crippen molar-refractivity contribution in [3.05, 3.63) is 89.5 Å². The predicted molar refractivity (Wildman–Crippen MR) is 139 cm³/mol. The van der Waals surface area contributed by atoms with Crippen molar-refractivity contribution >= 4 is 12.6 Å². The summed E-state index contributed by atoms with van der Waals surface area (Å²) >= 11 is 0. The molecule has 0 radical (unpaired) electrons. The Morgan fingerprint density at radius 2 is 1.76 bits per heavy atom. The van der Waals surface area contributed by atoms with E-state index in [1.807, 2.05) is 6.07 Å². The van der Waals surface area contributed by atoms with Gasteiger partial charge in [0.15, 0.2) is 0 Å². The summed E-state index contributed by atoms with van der Waals surface area (Å²) in [7, 11) is 0.639. The first kappa shape index (κ1) is 22.2. The SMILES string of the molecule is CCC1CC(C2(C)c3ccc(-c4ccccc4)cc3-c3ccc(B(O)OC)cc32)=CC(C)C1. The maximum Gasteiger partial charge on any atom is 0.490 e. The van der Waals surface area contributed by atoms with Crippen molar-refractivity contribution in [2.75, 3.05) is 7.11 Å². The summed E-state index contributed by atoms with van der Waals surface area (Å²) in [5, 5.41) is 10.4. The van der Waals surface area contributed by atoms with E-state index in [0.29, 0.717) is 5.92 Å². The molecule has 3 heteroatoms. The minimum Gasteiger partial charge on any atom is -0.423 e. The third-order valence-electron chi connectivity index (χ3n) is 7.97. The molecule has 0 amide bonds. The summed E-state index contributed by atoms with van der Waals surface area (Å²) in [5.74, 6) is 1.31. The molecule has 3 aromatic rings. The number of fused-ring (bicyclic) bond motifs is 3. The van der Waals surface area contributed by atoms with Crippen molar-refractivity contribution in [3.63, 3.8) is 0 Å². The van der Waals surface area contributed by atoms with Gasteiger partial charge in [-0.2, -0.15) is 0 Å². The Bertz CT molecular complexity index is 1200. The molecule has 2 aliphatic rings. The smallest absolute Gasteiger partial charge is 0.423 e. The number of hydrogen-bond donors (Lipinski definition) is 1. The molecule has 0 fully saturated rings. The highest BCUT2D eigenvalue weighted by atomic mass is 16.5. The monoisotopic (exact) mass is 436 g/mol. The lowest BCUT2D eigenvalue weighted by Gasteiger charge is -2.37. The summed E-state index contributed by atoms with van der Waals surface area (Å²) in [6.45, 7) is 7.06. The van der Waals surface area contributed by atoms with Gasteiger partial charge >= 0.3 is 7.12 Å². The van der Waals surface area contributed by atoms with E-state index in [0.717, 1.165) is 17.8 Å². The molecule has 33 heavy (non-hydrogen) atoms. The van der Waals surface area contributed by atoms with Crippen LogP contribution in [0.4, 0.5) is 0 Å². The summed E-state index contributed by atoms with van der Waals surface area (Å²) < 4.78 is 5.26. The first-order chi connectivity index (χ1) is 16.0. The van der Waals surface area contributed by atoms with Gasteiger partial charge in [-0.15, -0.1) is 0 Å².